The van der Waals surface area contributed by atoms with E-state index in [2.05, 4.69) is 31.1 Å². The van der Waals surface area contributed by atoms with Gasteiger partial charge in [-0.3, -0.25) is 9.78 Å². The van der Waals surface area contributed by atoms with Crippen LogP contribution in [0.5, 0.6) is 0 Å². The van der Waals surface area contributed by atoms with E-state index in [4.69, 9.17) is 0 Å². The first-order chi connectivity index (χ1) is 10.6. The summed E-state index contributed by atoms with van der Waals surface area (Å²) < 4.78 is 0. The Kier molecular flexibility index (Phi) is 6.22. The van der Waals surface area contributed by atoms with Gasteiger partial charge in [0.05, 0.1) is 11.3 Å². The zero-order valence-electron chi connectivity index (χ0n) is 14.1. The van der Waals surface area contributed by atoms with Gasteiger partial charge in [0, 0.05) is 31.5 Å². The number of rotatable bonds is 6. The molecule has 0 saturated carbocycles. The fraction of sp³-hybridized carbons (Fsp3) is 0.667. The predicted octanol–water partition coefficient (Wildman–Crippen LogP) is 3.94. The van der Waals surface area contributed by atoms with Crippen LogP contribution in [-0.2, 0) is 0 Å². The molecule has 1 saturated heterocycles. The molecule has 1 unspecified atom stereocenters. The molecule has 0 aromatic carbocycles. The molecular weight excluding hydrogens is 274 g/mol. The van der Waals surface area contributed by atoms with E-state index in [0.29, 0.717) is 17.5 Å². The number of hydrogen-bond acceptors (Lipinski definition) is 3. The monoisotopic (exact) mass is 303 g/mol. The number of amides is 1. The zero-order valence-corrected chi connectivity index (χ0v) is 14.1. The highest BCUT2D eigenvalue weighted by molar-refractivity contribution is 5.95. The number of carbonyl (C=O) groups is 1. The van der Waals surface area contributed by atoms with E-state index in [1.54, 1.807) is 12.4 Å². The van der Waals surface area contributed by atoms with Gasteiger partial charge in [0.25, 0.3) is 5.91 Å². The third-order valence-corrected chi connectivity index (χ3v) is 4.40. The summed E-state index contributed by atoms with van der Waals surface area (Å²) in [5.74, 6) is 0.801. The summed E-state index contributed by atoms with van der Waals surface area (Å²) in [6.45, 7) is 8.38. The quantitative estimate of drug-likeness (QED) is 0.865. The molecule has 0 bridgehead atoms. The van der Waals surface area contributed by atoms with E-state index in [1.807, 2.05) is 11.0 Å². The normalized spacial score (nSPS) is 18.5. The molecule has 1 aromatic heterocycles. The number of pyridine rings is 1. The lowest BCUT2D eigenvalue weighted by molar-refractivity contribution is 0.0607. The summed E-state index contributed by atoms with van der Waals surface area (Å²) in [5, 5.41) is 3.37. The van der Waals surface area contributed by atoms with Crippen molar-refractivity contribution >= 4 is 11.6 Å². The Labute approximate surface area is 134 Å². The fourth-order valence-corrected chi connectivity index (χ4v) is 3.02. The second-order valence-electron chi connectivity index (χ2n) is 6.63. The van der Waals surface area contributed by atoms with Gasteiger partial charge in [-0.2, -0.15) is 0 Å². The van der Waals surface area contributed by atoms with E-state index in [0.717, 1.165) is 44.5 Å². The smallest absolute Gasteiger partial charge is 0.255 e. The number of nitrogens with one attached hydrogen (secondary N) is 1. The number of piperidine rings is 1. The van der Waals surface area contributed by atoms with Gasteiger partial charge in [0.2, 0.25) is 0 Å². The number of nitrogens with zero attached hydrogens (tertiary/aromatic N) is 2. The molecule has 1 amide bonds. The molecule has 1 aromatic rings. The van der Waals surface area contributed by atoms with Crippen LogP contribution in [0.25, 0.3) is 0 Å². The summed E-state index contributed by atoms with van der Waals surface area (Å²) in [7, 11) is 0. The van der Waals surface area contributed by atoms with Crippen molar-refractivity contribution in [3.63, 3.8) is 0 Å². The number of anilines is 1. The average Bonchev–Trinajstić information content (AvgIpc) is 2.54. The first-order valence-electron chi connectivity index (χ1n) is 8.61. The molecule has 122 valence electrons. The highest BCUT2D eigenvalue weighted by Crippen LogP contribution is 2.22. The van der Waals surface area contributed by atoms with Crippen LogP contribution >= 0.6 is 0 Å². The van der Waals surface area contributed by atoms with Crippen LogP contribution in [0.4, 0.5) is 5.69 Å². The maximum absolute atomic E-state index is 12.8. The van der Waals surface area contributed by atoms with E-state index >= 15 is 0 Å². The Balaban J connectivity index is 2.03. The molecule has 22 heavy (non-hydrogen) atoms. The Morgan fingerprint density at radius 3 is 2.95 bits per heavy atom. The number of hydrogen-bond donors (Lipinski definition) is 1. The summed E-state index contributed by atoms with van der Waals surface area (Å²) in [5.41, 5.74) is 1.64. The molecular formula is C18H29N3O. The van der Waals surface area contributed by atoms with Gasteiger partial charge in [-0.25, -0.2) is 0 Å². The van der Waals surface area contributed by atoms with E-state index in [1.165, 1.54) is 6.42 Å². The highest BCUT2D eigenvalue weighted by Gasteiger charge is 2.26. The van der Waals surface area contributed by atoms with Gasteiger partial charge in [-0.05, 0) is 44.1 Å². The molecule has 0 spiro atoms. The largest absolute Gasteiger partial charge is 0.384 e. The number of aromatic nitrogens is 1. The lowest BCUT2D eigenvalue weighted by Crippen LogP contribution is -2.43. The molecule has 2 heterocycles. The van der Waals surface area contributed by atoms with Gasteiger partial charge >= 0.3 is 0 Å². The van der Waals surface area contributed by atoms with Crippen LogP contribution in [0.2, 0.25) is 0 Å². The molecule has 1 fully saturated rings. The van der Waals surface area contributed by atoms with Gasteiger partial charge in [-0.15, -0.1) is 0 Å². The predicted molar refractivity (Wildman–Crippen MR) is 91.1 cm³/mol. The molecule has 2 rings (SSSR count). The minimum atomic E-state index is 0.131. The lowest BCUT2D eigenvalue weighted by Gasteiger charge is -2.35. The molecule has 1 aliphatic rings. The first-order valence-corrected chi connectivity index (χ1v) is 8.61. The summed E-state index contributed by atoms with van der Waals surface area (Å²) in [4.78, 5) is 19.0. The number of carbonyl (C=O) groups excluding carboxylic acids is 1. The van der Waals surface area contributed by atoms with Crippen molar-refractivity contribution in [1.29, 1.82) is 0 Å². The van der Waals surface area contributed by atoms with Crippen LogP contribution in [0, 0.1) is 5.92 Å². The molecule has 0 radical (unpaired) electrons. The molecule has 1 N–H and O–H groups in total. The Morgan fingerprint density at radius 2 is 2.23 bits per heavy atom. The van der Waals surface area contributed by atoms with Crippen LogP contribution in [0.1, 0.15) is 63.2 Å². The second kappa shape index (κ2) is 8.16. The maximum Gasteiger partial charge on any atom is 0.255 e. The van der Waals surface area contributed by atoms with E-state index in [-0.39, 0.29) is 5.91 Å². The maximum atomic E-state index is 12.8. The van der Waals surface area contributed by atoms with Gasteiger partial charge in [-0.1, -0.05) is 20.8 Å². The third kappa shape index (κ3) is 4.46. The van der Waals surface area contributed by atoms with E-state index in [9.17, 15) is 4.79 Å². The van der Waals surface area contributed by atoms with E-state index < -0.39 is 0 Å². The lowest BCUT2D eigenvalue weighted by atomic mass is 9.99. The van der Waals surface area contributed by atoms with Gasteiger partial charge in [0.15, 0.2) is 0 Å². The second-order valence-corrected chi connectivity index (χ2v) is 6.63. The highest BCUT2D eigenvalue weighted by atomic mass is 16.2. The minimum absolute atomic E-state index is 0.131. The van der Waals surface area contributed by atoms with Gasteiger partial charge in [0.1, 0.15) is 0 Å². The van der Waals surface area contributed by atoms with Crippen LogP contribution < -0.4 is 5.32 Å². The van der Waals surface area contributed by atoms with Crippen molar-refractivity contribution in [1.82, 2.24) is 9.88 Å². The average molecular weight is 303 g/mol. The Bertz CT molecular complexity index is 487. The minimum Gasteiger partial charge on any atom is -0.384 e. The fourth-order valence-electron chi connectivity index (χ4n) is 3.02. The van der Waals surface area contributed by atoms with Crippen molar-refractivity contribution in [2.75, 3.05) is 18.4 Å². The summed E-state index contributed by atoms with van der Waals surface area (Å²) in [6.07, 6.45) is 9.11. The standard InChI is InChI=1S/C18H29N3O/c1-4-17-7-5-6-10-21(17)18(22)15-11-16(13-19-12-15)20-9-8-14(2)3/h11-14,17,20H,4-10H2,1-3H3. The van der Waals surface area contributed by atoms with Crippen molar-refractivity contribution in [3.05, 3.63) is 24.0 Å². The van der Waals surface area contributed by atoms with Crippen molar-refractivity contribution in [2.45, 2.75) is 58.9 Å². The molecule has 1 aliphatic heterocycles. The van der Waals surface area contributed by atoms with Crippen LogP contribution in [0.3, 0.4) is 0 Å². The summed E-state index contributed by atoms with van der Waals surface area (Å²) >= 11 is 0. The SMILES string of the molecule is CCC1CCCCN1C(=O)c1cncc(NCCC(C)C)c1. The topological polar surface area (TPSA) is 45.2 Å². The summed E-state index contributed by atoms with van der Waals surface area (Å²) in [6, 6.07) is 2.33. The van der Waals surface area contributed by atoms with Crippen LogP contribution in [0.15, 0.2) is 18.5 Å². The van der Waals surface area contributed by atoms with Gasteiger partial charge < -0.3 is 10.2 Å². The van der Waals surface area contributed by atoms with Crippen molar-refractivity contribution in [2.24, 2.45) is 5.92 Å². The molecule has 4 nitrogen and oxygen atoms in total. The molecule has 4 heteroatoms. The van der Waals surface area contributed by atoms with Crippen molar-refractivity contribution in [3.8, 4) is 0 Å². The molecule has 0 aliphatic carbocycles. The van der Waals surface area contributed by atoms with Crippen molar-refractivity contribution < 1.29 is 4.79 Å². The molecule has 1 atom stereocenters. The Hall–Kier alpha value is -1.58. The third-order valence-electron chi connectivity index (χ3n) is 4.40. The number of likely N-dealkylation sites (tertiary alicyclic amines) is 1. The zero-order chi connectivity index (χ0) is 15.9. The Morgan fingerprint density at radius 1 is 1.41 bits per heavy atom. The van der Waals surface area contributed by atoms with Crippen LogP contribution in [-0.4, -0.2) is 34.9 Å². The first kappa shape index (κ1) is 16.8.